The second-order valence-electron chi connectivity index (χ2n) is 3.73. The monoisotopic (exact) mass is 284 g/mol. The van der Waals surface area contributed by atoms with Gasteiger partial charge in [-0.2, -0.15) is 0 Å². The van der Waals surface area contributed by atoms with E-state index in [1.807, 2.05) is 26.0 Å². The first-order chi connectivity index (χ1) is 8.00. The second-order valence-corrected chi connectivity index (χ2v) is 4.92. The highest BCUT2D eigenvalue weighted by atomic mass is 35.5. The van der Waals surface area contributed by atoms with Crippen LogP contribution >= 0.6 is 35.4 Å². The molecule has 2 rings (SSSR count). The minimum absolute atomic E-state index is 0.476. The average molecular weight is 285 g/mol. The molecule has 0 aliphatic rings. The molecule has 0 aliphatic heterocycles. The van der Waals surface area contributed by atoms with Crippen molar-refractivity contribution >= 4 is 35.4 Å². The van der Waals surface area contributed by atoms with Crippen molar-refractivity contribution in [3.63, 3.8) is 0 Å². The number of aromatic nitrogens is 2. The zero-order chi connectivity index (χ0) is 12.6. The highest BCUT2D eigenvalue weighted by molar-refractivity contribution is 7.71. The molecule has 88 valence electrons. The molecule has 5 heteroatoms. The van der Waals surface area contributed by atoms with Crippen molar-refractivity contribution in [3.8, 4) is 11.3 Å². The fourth-order valence-electron chi connectivity index (χ4n) is 1.49. The smallest absolute Gasteiger partial charge is 0.130 e. The van der Waals surface area contributed by atoms with Crippen LogP contribution in [0.2, 0.25) is 10.0 Å². The third-order valence-electron chi connectivity index (χ3n) is 2.55. The summed E-state index contributed by atoms with van der Waals surface area (Å²) in [6.07, 6.45) is 0. The van der Waals surface area contributed by atoms with Crippen LogP contribution in [0.3, 0.4) is 0 Å². The van der Waals surface area contributed by atoms with E-state index in [2.05, 4.69) is 9.97 Å². The zero-order valence-corrected chi connectivity index (χ0v) is 11.7. The molecule has 0 unspecified atom stereocenters. The second kappa shape index (κ2) is 4.77. The molecule has 17 heavy (non-hydrogen) atoms. The van der Waals surface area contributed by atoms with Gasteiger partial charge in [-0.05, 0) is 19.9 Å². The molecule has 1 aromatic heterocycles. The van der Waals surface area contributed by atoms with Gasteiger partial charge in [-0.25, -0.2) is 4.98 Å². The molecule has 0 radical (unpaired) electrons. The first-order valence-corrected chi connectivity index (χ1v) is 6.19. The lowest BCUT2D eigenvalue weighted by atomic mass is 10.1. The summed E-state index contributed by atoms with van der Waals surface area (Å²) in [7, 11) is 0. The highest BCUT2D eigenvalue weighted by Crippen LogP contribution is 2.32. The first kappa shape index (κ1) is 12.6. The average Bonchev–Trinajstić information content (AvgIpc) is 2.28. The first-order valence-electron chi connectivity index (χ1n) is 5.02. The van der Waals surface area contributed by atoms with E-state index in [0.717, 1.165) is 17.0 Å². The largest absolute Gasteiger partial charge is 0.347 e. The van der Waals surface area contributed by atoms with Crippen molar-refractivity contribution in [3.05, 3.63) is 44.3 Å². The summed E-state index contributed by atoms with van der Waals surface area (Å²) >= 11 is 17.4. The van der Waals surface area contributed by atoms with Gasteiger partial charge in [-0.15, -0.1) is 0 Å². The van der Waals surface area contributed by atoms with Crippen molar-refractivity contribution in [2.24, 2.45) is 0 Å². The van der Waals surface area contributed by atoms with Gasteiger partial charge in [0.2, 0.25) is 0 Å². The van der Waals surface area contributed by atoms with Gasteiger partial charge in [0.1, 0.15) is 10.3 Å². The predicted octanol–water partition coefficient (Wildman–Crippen LogP) is 4.73. The standard InChI is InChI=1S/C12H10Cl2N2S/c1-6-7(2)16-12(17)11(15-6)8-4-3-5-9(13)10(8)14/h3-5H,1-2H3,(H,16,17). The topological polar surface area (TPSA) is 28.7 Å². The van der Waals surface area contributed by atoms with Crippen LogP contribution in [0.25, 0.3) is 11.3 Å². The van der Waals surface area contributed by atoms with E-state index >= 15 is 0 Å². The molecule has 1 aromatic carbocycles. The van der Waals surface area contributed by atoms with Crippen LogP contribution in [0, 0.1) is 18.5 Å². The number of halogens is 2. The summed E-state index contributed by atoms with van der Waals surface area (Å²) in [5.41, 5.74) is 3.26. The molecule has 1 heterocycles. The van der Waals surface area contributed by atoms with Crippen LogP contribution in [0.1, 0.15) is 11.4 Å². The Morgan fingerprint density at radius 3 is 2.65 bits per heavy atom. The maximum absolute atomic E-state index is 6.16. The number of H-pyrrole nitrogens is 1. The maximum atomic E-state index is 6.16. The van der Waals surface area contributed by atoms with Crippen LogP contribution in [-0.4, -0.2) is 9.97 Å². The minimum atomic E-state index is 0.476. The lowest BCUT2D eigenvalue weighted by molar-refractivity contribution is 1.04. The number of hydrogen-bond acceptors (Lipinski definition) is 2. The molecule has 2 aromatic rings. The Labute approximate surface area is 115 Å². The van der Waals surface area contributed by atoms with Crippen molar-refractivity contribution in [2.75, 3.05) is 0 Å². The molecule has 0 amide bonds. The van der Waals surface area contributed by atoms with Crippen LogP contribution in [0.15, 0.2) is 18.2 Å². The van der Waals surface area contributed by atoms with E-state index in [9.17, 15) is 0 Å². The SMILES string of the molecule is Cc1nc(-c2cccc(Cl)c2Cl)c(=S)[nH]c1C. The fraction of sp³-hybridized carbons (Fsp3) is 0.167. The zero-order valence-electron chi connectivity index (χ0n) is 9.34. The number of aryl methyl sites for hydroxylation is 2. The maximum Gasteiger partial charge on any atom is 0.130 e. The van der Waals surface area contributed by atoms with Gasteiger partial charge < -0.3 is 4.98 Å². The van der Waals surface area contributed by atoms with E-state index in [-0.39, 0.29) is 0 Å². The van der Waals surface area contributed by atoms with Gasteiger partial charge in [0.05, 0.1) is 15.7 Å². The lowest BCUT2D eigenvalue weighted by Gasteiger charge is -2.08. The third-order valence-corrected chi connectivity index (χ3v) is 3.66. The van der Waals surface area contributed by atoms with Gasteiger partial charge in [0.25, 0.3) is 0 Å². The van der Waals surface area contributed by atoms with Gasteiger partial charge in [0, 0.05) is 11.3 Å². The summed E-state index contributed by atoms with van der Waals surface area (Å²) in [4.78, 5) is 7.57. The molecular weight excluding hydrogens is 275 g/mol. The molecular formula is C12H10Cl2N2S. The lowest BCUT2D eigenvalue weighted by Crippen LogP contribution is -1.96. The normalized spacial score (nSPS) is 10.6. The van der Waals surface area contributed by atoms with Crippen molar-refractivity contribution in [1.82, 2.24) is 9.97 Å². The molecule has 2 nitrogen and oxygen atoms in total. The van der Waals surface area contributed by atoms with Crippen LogP contribution in [0.5, 0.6) is 0 Å². The van der Waals surface area contributed by atoms with Crippen LogP contribution in [-0.2, 0) is 0 Å². The predicted molar refractivity (Wildman–Crippen MR) is 74.4 cm³/mol. The van der Waals surface area contributed by atoms with Crippen molar-refractivity contribution in [2.45, 2.75) is 13.8 Å². The third kappa shape index (κ3) is 2.37. The Kier molecular flexibility index (Phi) is 3.52. The van der Waals surface area contributed by atoms with Crippen molar-refractivity contribution < 1.29 is 0 Å². The summed E-state index contributed by atoms with van der Waals surface area (Å²) < 4.78 is 0.567. The van der Waals surface area contributed by atoms with E-state index in [1.54, 1.807) is 6.07 Å². The summed E-state index contributed by atoms with van der Waals surface area (Å²) in [5, 5.41) is 0.975. The molecule has 0 saturated carbocycles. The van der Waals surface area contributed by atoms with E-state index < -0.39 is 0 Å². The van der Waals surface area contributed by atoms with Crippen LogP contribution < -0.4 is 0 Å². The van der Waals surface area contributed by atoms with Gasteiger partial charge in [-0.1, -0.05) is 47.6 Å². The number of benzene rings is 1. The van der Waals surface area contributed by atoms with Gasteiger partial charge >= 0.3 is 0 Å². The quantitative estimate of drug-likeness (QED) is 0.767. The molecule has 1 N–H and O–H groups in total. The molecule has 0 fully saturated rings. The number of rotatable bonds is 1. The van der Waals surface area contributed by atoms with Gasteiger partial charge in [-0.3, -0.25) is 0 Å². The number of nitrogens with zero attached hydrogens (tertiary/aromatic N) is 1. The van der Waals surface area contributed by atoms with E-state index in [0.29, 0.717) is 20.4 Å². The molecule has 0 spiro atoms. The minimum Gasteiger partial charge on any atom is -0.347 e. The summed E-state index contributed by atoms with van der Waals surface area (Å²) in [5.74, 6) is 0. The Morgan fingerprint density at radius 1 is 1.24 bits per heavy atom. The van der Waals surface area contributed by atoms with E-state index in [4.69, 9.17) is 35.4 Å². The Balaban J connectivity index is 2.73. The summed E-state index contributed by atoms with van der Waals surface area (Å²) in [6, 6.07) is 5.42. The van der Waals surface area contributed by atoms with E-state index in [1.165, 1.54) is 0 Å². The Morgan fingerprint density at radius 2 is 1.94 bits per heavy atom. The molecule has 0 bridgehead atoms. The fourth-order valence-corrected chi connectivity index (χ4v) is 2.19. The van der Waals surface area contributed by atoms with Crippen LogP contribution in [0.4, 0.5) is 0 Å². The van der Waals surface area contributed by atoms with Gasteiger partial charge in [0.15, 0.2) is 0 Å². The number of aromatic amines is 1. The Bertz CT molecular complexity index is 635. The molecule has 0 aliphatic carbocycles. The number of hydrogen-bond donors (Lipinski definition) is 1. The summed E-state index contributed by atoms with van der Waals surface area (Å²) in [6.45, 7) is 3.85. The molecule has 0 atom stereocenters. The molecule has 0 saturated heterocycles. The highest BCUT2D eigenvalue weighted by Gasteiger charge is 2.11. The Hall–Kier alpha value is -0.900. The number of nitrogens with one attached hydrogen (secondary N) is 1. The van der Waals surface area contributed by atoms with Crippen molar-refractivity contribution in [1.29, 1.82) is 0 Å².